The second-order valence-electron chi connectivity index (χ2n) is 4.18. The van der Waals surface area contributed by atoms with Crippen molar-refractivity contribution in [3.05, 3.63) is 24.3 Å². The Morgan fingerprint density at radius 1 is 1.20 bits per heavy atom. The van der Waals surface area contributed by atoms with Crippen LogP contribution in [0.2, 0.25) is 0 Å². The van der Waals surface area contributed by atoms with Crippen molar-refractivity contribution in [2.45, 2.75) is 46.0 Å². The van der Waals surface area contributed by atoms with E-state index in [-0.39, 0.29) is 0 Å². The molecule has 0 radical (unpaired) electrons. The third kappa shape index (κ3) is 11.4. The van der Waals surface area contributed by atoms with Crippen LogP contribution in [0.3, 0.4) is 0 Å². The van der Waals surface area contributed by atoms with Crippen molar-refractivity contribution >= 4 is 0 Å². The van der Waals surface area contributed by atoms with Gasteiger partial charge < -0.3 is 5.32 Å². The molecule has 0 spiro atoms. The molecule has 0 aromatic heterocycles. The van der Waals surface area contributed by atoms with Crippen LogP contribution >= 0.6 is 0 Å². The van der Waals surface area contributed by atoms with E-state index in [1.165, 1.54) is 25.7 Å². The van der Waals surface area contributed by atoms with Gasteiger partial charge in [-0.25, -0.2) is 0 Å². The number of rotatable bonds is 9. The normalized spacial score (nSPS) is 14.1. The summed E-state index contributed by atoms with van der Waals surface area (Å²) in [5.41, 5.74) is 0. The molecule has 0 saturated heterocycles. The van der Waals surface area contributed by atoms with Gasteiger partial charge in [0.15, 0.2) is 0 Å². The van der Waals surface area contributed by atoms with Crippen LogP contribution < -0.4 is 5.32 Å². The van der Waals surface area contributed by atoms with E-state index in [1.54, 1.807) is 0 Å². The van der Waals surface area contributed by atoms with E-state index < -0.39 is 0 Å². The van der Waals surface area contributed by atoms with Crippen molar-refractivity contribution in [3.8, 4) is 0 Å². The minimum atomic E-state index is 0.727. The van der Waals surface area contributed by atoms with Crippen LogP contribution in [0.15, 0.2) is 24.3 Å². The number of unbranched alkanes of at least 4 members (excludes halogenated alkanes) is 2. The van der Waals surface area contributed by atoms with E-state index in [4.69, 9.17) is 0 Å². The summed E-state index contributed by atoms with van der Waals surface area (Å²) in [7, 11) is 1.99. The Morgan fingerprint density at radius 2 is 2.00 bits per heavy atom. The molecule has 0 heterocycles. The molecule has 1 heteroatoms. The lowest BCUT2D eigenvalue weighted by molar-refractivity contribution is 0.576. The van der Waals surface area contributed by atoms with Crippen LogP contribution in [0.5, 0.6) is 0 Å². The molecule has 0 aromatic rings. The van der Waals surface area contributed by atoms with Gasteiger partial charge in [0, 0.05) is 0 Å². The van der Waals surface area contributed by atoms with Gasteiger partial charge in [0.2, 0.25) is 0 Å². The van der Waals surface area contributed by atoms with Crippen molar-refractivity contribution in [2.24, 2.45) is 5.92 Å². The molecule has 0 aliphatic carbocycles. The second kappa shape index (κ2) is 11.5. The van der Waals surface area contributed by atoms with Crippen molar-refractivity contribution < 1.29 is 0 Å². The topological polar surface area (TPSA) is 12.0 Å². The summed E-state index contributed by atoms with van der Waals surface area (Å²) in [5.74, 6) is 0.727. The maximum atomic E-state index is 3.13. The van der Waals surface area contributed by atoms with Gasteiger partial charge in [-0.05, 0) is 32.4 Å². The molecule has 0 unspecified atom stereocenters. The number of hydrogen-bond donors (Lipinski definition) is 1. The zero-order valence-corrected chi connectivity index (χ0v) is 10.6. The van der Waals surface area contributed by atoms with E-state index in [0.29, 0.717) is 0 Å². The number of hydrogen-bond acceptors (Lipinski definition) is 1. The molecule has 0 aliphatic heterocycles. The number of nitrogens with one attached hydrogen (secondary N) is 1. The van der Waals surface area contributed by atoms with Crippen LogP contribution in [-0.2, 0) is 0 Å². The average molecular weight is 209 g/mol. The lowest BCUT2D eigenvalue weighted by Gasteiger charge is -2.03. The molecule has 0 aliphatic rings. The van der Waals surface area contributed by atoms with Gasteiger partial charge in [0.25, 0.3) is 0 Å². The summed E-state index contributed by atoms with van der Waals surface area (Å²) < 4.78 is 0. The summed E-state index contributed by atoms with van der Waals surface area (Å²) in [6, 6.07) is 0. The third-order valence-corrected chi connectivity index (χ3v) is 2.51. The Balaban J connectivity index is 3.44. The van der Waals surface area contributed by atoms with Gasteiger partial charge in [-0.3, -0.25) is 0 Å². The Bertz CT molecular complexity index is 170. The van der Waals surface area contributed by atoms with Crippen LogP contribution in [0.4, 0.5) is 0 Å². The molecule has 0 rings (SSSR count). The SMILES string of the molecule is CCCCC[C@H](C)/C=C/C=C\CCNC. The highest BCUT2D eigenvalue weighted by molar-refractivity contribution is 5.03. The van der Waals surface area contributed by atoms with E-state index in [2.05, 4.69) is 43.5 Å². The van der Waals surface area contributed by atoms with Crippen molar-refractivity contribution in [3.63, 3.8) is 0 Å². The molecular weight excluding hydrogens is 182 g/mol. The predicted octanol–water partition coefficient (Wildman–Crippen LogP) is 3.92. The molecule has 88 valence electrons. The first-order valence-electron chi connectivity index (χ1n) is 6.29. The molecular formula is C14H27N. The van der Waals surface area contributed by atoms with Gasteiger partial charge in [-0.15, -0.1) is 0 Å². The highest BCUT2D eigenvalue weighted by atomic mass is 14.8. The Kier molecular flexibility index (Phi) is 11.1. The molecule has 1 N–H and O–H groups in total. The van der Waals surface area contributed by atoms with Gasteiger partial charge in [-0.2, -0.15) is 0 Å². The third-order valence-electron chi connectivity index (χ3n) is 2.51. The maximum absolute atomic E-state index is 3.13. The monoisotopic (exact) mass is 209 g/mol. The molecule has 0 saturated carbocycles. The van der Waals surface area contributed by atoms with Crippen LogP contribution in [0.1, 0.15) is 46.0 Å². The number of allylic oxidation sites excluding steroid dienone is 3. The minimum absolute atomic E-state index is 0.727. The summed E-state index contributed by atoms with van der Waals surface area (Å²) >= 11 is 0. The summed E-state index contributed by atoms with van der Waals surface area (Å²) in [4.78, 5) is 0. The molecule has 15 heavy (non-hydrogen) atoms. The van der Waals surface area contributed by atoms with E-state index >= 15 is 0 Å². The first kappa shape index (κ1) is 14.4. The zero-order chi connectivity index (χ0) is 11.4. The van der Waals surface area contributed by atoms with Crippen LogP contribution in [0.25, 0.3) is 0 Å². The van der Waals surface area contributed by atoms with Crippen molar-refractivity contribution in [2.75, 3.05) is 13.6 Å². The fraction of sp³-hybridized carbons (Fsp3) is 0.714. The lowest BCUT2D eigenvalue weighted by Crippen LogP contribution is -2.05. The van der Waals surface area contributed by atoms with Crippen molar-refractivity contribution in [1.29, 1.82) is 0 Å². The lowest BCUT2D eigenvalue weighted by atomic mass is 10.0. The quantitative estimate of drug-likeness (QED) is 0.448. The average Bonchev–Trinajstić information content (AvgIpc) is 2.23. The zero-order valence-electron chi connectivity index (χ0n) is 10.6. The van der Waals surface area contributed by atoms with E-state index in [0.717, 1.165) is 18.9 Å². The van der Waals surface area contributed by atoms with Crippen LogP contribution in [-0.4, -0.2) is 13.6 Å². The molecule has 0 fully saturated rings. The summed E-state index contributed by atoms with van der Waals surface area (Å²) in [5, 5.41) is 3.13. The highest BCUT2D eigenvalue weighted by Crippen LogP contribution is 2.10. The fourth-order valence-corrected chi connectivity index (χ4v) is 1.47. The van der Waals surface area contributed by atoms with E-state index in [1.807, 2.05) is 7.05 Å². The highest BCUT2D eigenvalue weighted by Gasteiger charge is 1.94. The summed E-state index contributed by atoms with van der Waals surface area (Å²) in [6.07, 6.45) is 15.4. The molecule has 0 bridgehead atoms. The molecule has 0 aromatic carbocycles. The molecule has 1 nitrogen and oxygen atoms in total. The summed E-state index contributed by atoms with van der Waals surface area (Å²) in [6.45, 7) is 5.62. The first-order chi connectivity index (χ1) is 7.31. The van der Waals surface area contributed by atoms with E-state index in [9.17, 15) is 0 Å². The van der Waals surface area contributed by atoms with Gasteiger partial charge >= 0.3 is 0 Å². The van der Waals surface area contributed by atoms with Gasteiger partial charge in [-0.1, -0.05) is 57.4 Å². The Labute approximate surface area is 95.7 Å². The molecule has 0 amide bonds. The van der Waals surface area contributed by atoms with Crippen molar-refractivity contribution in [1.82, 2.24) is 5.32 Å². The minimum Gasteiger partial charge on any atom is -0.319 e. The van der Waals surface area contributed by atoms with Gasteiger partial charge in [0.1, 0.15) is 0 Å². The second-order valence-corrected chi connectivity index (χ2v) is 4.18. The standard InChI is InChI=1S/C14H27N/c1-4-5-8-11-14(2)12-9-6-7-10-13-15-3/h6-7,9,12,14-15H,4-5,8,10-11,13H2,1-3H3/b7-6-,12-9+/t14-/m0/s1. The predicted molar refractivity (Wildman–Crippen MR) is 70.1 cm³/mol. The fourth-order valence-electron chi connectivity index (χ4n) is 1.47. The largest absolute Gasteiger partial charge is 0.319 e. The smallest absolute Gasteiger partial charge is 0.00172 e. The Hall–Kier alpha value is -0.560. The maximum Gasteiger partial charge on any atom is -0.00172 e. The Morgan fingerprint density at radius 3 is 2.67 bits per heavy atom. The van der Waals surface area contributed by atoms with Gasteiger partial charge in [0.05, 0.1) is 0 Å². The molecule has 1 atom stereocenters. The van der Waals surface area contributed by atoms with Crippen LogP contribution in [0, 0.1) is 5.92 Å². The first-order valence-corrected chi connectivity index (χ1v) is 6.29.